The Morgan fingerprint density at radius 2 is 1.88 bits per heavy atom. The van der Waals surface area contributed by atoms with Gasteiger partial charge in [0.15, 0.2) is 0 Å². The van der Waals surface area contributed by atoms with Gasteiger partial charge in [-0.2, -0.15) is 0 Å². The third-order valence-corrected chi connectivity index (χ3v) is 7.78. The Kier molecular flexibility index (Phi) is 3.93. The topological polar surface area (TPSA) is 113 Å². The summed E-state index contributed by atoms with van der Waals surface area (Å²) in [4.78, 5) is 55.2. The minimum atomic E-state index is -1.22. The average Bonchev–Trinajstić information content (AvgIpc) is 3.47. The number of nitro benzene ring substituents is 1. The van der Waals surface area contributed by atoms with Gasteiger partial charge in [0.2, 0.25) is 17.7 Å². The molecule has 0 aromatic heterocycles. The molecule has 0 bridgehead atoms. The molecule has 4 aliphatic rings. The predicted octanol–water partition coefficient (Wildman–Crippen LogP) is 2.64. The number of non-ortho nitro benzene ring substituents is 1. The van der Waals surface area contributed by atoms with E-state index in [-0.39, 0.29) is 23.5 Å². The van der Waals surface area contributed by atoms with Crippen LogP contribution >= 0.6 is 0 Å². The van der Waals surface area contributed by atoms with Crippen molar-refractivity contribution >= 4 is 34.8 Å². The molecule has 0 saturated carbocycles. The van der Waals surface area contributed by atoms with Gasteiger partial charge < -0.3 is 5.32 Å². The van der Waals surface area contributed by atoms with E-state index in [0.29, 0.717) is 23.5 Å². The summed E-state index contributed by atoms with van der Waals surface area (Å²) in [6.45, 7) is 4.24. The molecule has 1 N–H and O–H groups in total. The Hall–Kier alpha value is -3.59. The standard InChI is InChI=1S/C24H22N4O5/c1-12-5-7-16-15(10-12)24(23(31)25-16)20-19(18-4-3-9-26(18)24)21(29)27(22(20)30)17-8-6-14(28(32)33)11-13(17)2/h5-8,10-11,18-20H,3-4,9H2,1-2H3,(H,25,31)/t18-,19-,20+,24+/m1/s1. The molecule has 0 aliphatic carbocycles. The molecule has 9 heteroatoms. The number of amides is 3. The van der Waals surface area contributed by atoms with Crippen molar-refractivity contribution in [3.63, 3.8) is 0 Å². The molecular weight excluding hydrogens is 424 g/mol. The molecule has 2 aromatic rings. The van der Waals surface area contributed by atoms with Crippen LogP contribution in [-0.4, -0.2) is 40.1 Å². The number of imide groups is 1. The molecular formula is C24H22N4O5. The lowest BCUT2D eigenvalue weighted by Gasteiger charge is -2.36. The van der Waals surface area contributed by atoms with Crippen LogP contribution in [-0.2, 0) is 19.9 Å². The van der Waals surface area contributed by atoms with Gasteiger partial charge >= 0.3 is 0 Å². The summed E-state index contributed by atoms with van der Waals surface area (Å²) < 4.78 is 0. The van der Waals surface area contributed by atoms with Crippen LogP contribution in [0.15, 0.2) is 36.4 Å². The van der Waals surface area contributed by atoms with E-state index in [9.17, 15) is 24.5 Å². The number of carbonyl (C=O) groups is 3. The van der Waals surface area contributed by atoms with E-state index in [1.54, 1.807) is 6.92 Å². The third kappa shape index (κ3) is 2.32. The maximum Gasteiger partial charge on any atom is 0.269 e. The van der Waals surface area contributed by atoms with Crippen molar-refractivity contribution in [2.24, 2.45) is 11.8 Å². The van der Waals surface area contributed by atoms with Gasteiger partial charge in [-0.3, -0.25) is 29.4 Å². The number of aryl methyl sites for hydroxylation is 2. The van der Waals surface area contributed by atoms with Crippen LogP contribution in [0.1, 0.15) is 29.5 Å². The Bertz CT molecular complexity index is 1290. The number of rotatable bonds is 2. The van der Waals surface area contributed by atoms with Crippen molar-refractivity contribution < 1.29 is 19.3 Å². The van der Waals surface area contributed by atoms with Crippen molar-refractivity contribution in [3.8, 4) is 0 Å². The van der Waals surface area contributed by atoms with Gasteiger partial charge in [-0.05, 0) is 50.9 Å². The Morgan fingerprint density at radius 1 is 1.09 bits per heavy atom. The molecule has 3 fully saturated rings. The first-order chi connectivity index (χ1) is 15.8. The molecule has 3 saturated heterocycles. The maximum absolute atomic E-state index is 14.0. The fourth-order valence-corrected chi connectivity index (χ4v) is 6.56. The molecule has 6 rings (SSSR count). The first kappa shape index (κ1) is 20.0. The van der Waals surface area contributed by atoms with Crippen LogP contribution in [0.5, 0.6) is 0 Å². The van der Waals surface area contributed by atoms with Gasteiger partial charge in [0, 0.05) is 29.4 Å². The van der Waals surface area contributed by atoms with Crippen molar-refractivity contribution in [2.45, 2.75) is 38.3 Å². The highest BCUT2D eigenvalue weighted by Crippen LogP contribution is 2.60. The average molecular weight is 446 g/mol. The van der Waals surface area contributed by atoms with Crippen molar-refractivity contribution in [3.05, 3.63) is 63.2 Å². The van der Waals surface area contributed by atoms with Gasteiger partial charge in [-0.25, -0.2) is 4.90 Å². The van der Waals surface area contributed by atoms with E-state index in [2.05, 4.69) is 10.2 Å². The van der Waals surface area contributed by atoms with Crippen molar-refractivity contribution in [1.29, 1.82) is 0 Å². The molecule has 9 nitrogen and oxygen atoms in total. The lowest BCUT2D eigenvalue weighted by molar-refractivity contribution is -0.384. The number of nitro groups is 1. The smallest absolute Gasteiger partial charge is 0.269 e. The zero-order valence-corrected chi connectivity index (χ0v) is 18.2. The summed E-state index contributed by atoms with van der Waals surface area (Å²) in [5.74, 6) is -2.48. The summed E-state index contributed by atoms with van der Waals surface area (Å²) in [5.41, 5.74) is 1.90. The molecule has 0 unspecified atom stereocenters. The summed E-state index contributed by atoms with van der Waals surface area (Å²) in [5, 5.41) is 14.1. The first-order valence-corrected chi connectivity index (χ1v) is 11.1. The molecule has 0 radical (unpaired) electrons. The second-order valence-corrected chi connectivity index (χ2v) is 9.42. The highest BCUT2D eigenvalue weighted by molar-refractivity contribution is 6.26. The SMILES string of the molecule is Cc1ccc2c(c1)[C@@]1(C(=O)N2)[C@@H]2C(=O)N(c3ccc([N+](=O)[O-])cc3C)C(=O)[C@@H]2[C@H]2CCCN21. The van der Waals surface area contributed by atoms with E-state index in [1.807, 2.05) is 25.1 Å². The lowest BCUT2D eigenvalue weighted by atomic mass is 9.75. The molecule has 3 amide bonds. The number of nitrogens with zero attached hydrogens (tertiary/aromatic N) is 3. The second kappa shape index (κ2) is 6.48. The normalized spacial score (nSPS) is 30.1. The number of fused-ring (bicyclic) bond motifs is 7. The molecule has 33 heavy (non-hydrogen) atoms. The minimum absolute atomic E-state index is 0.103. The summed E-state index contributed by atoms with van der Waals surface area (Å²) in [6, 6.07) is 9.64. The van der Waals surface area contributed by atoms with E-state index < -0.39 is 28.2 Å². The van der Waals surface area contributed by atoms with Gasteiger partial charge in [0.05, 0.1) is 22.4 Å². The zero-order chi connectivity index (χ0) is 23.2. The van der Waals surface area contributed by atoms with E-state index in [0.717, 1.165) is 28.9 Å². The summed E-state index contributed by atoms with van der Waals surface area (Å²) >= 11 is 0. The molecule has 4 atom stereocenters. The van der Waals surface area contributed by atoms with Crippen LogP contribution in [0.2, 0.25) is 0 Å². The summed E-state index contributed by atoms with van der Waals surface area (Å²) in [7, 11) is 0. The maximum atomic E-state index is 14.0. The van der Waals surface area contributed by atoms with Gasteiger partial charge in [0.1, 0.15) is 5.54 Å². The number of hydrogen-bond acceptors (Lipinski definition) is 6. The highest BCUT2D eigenvalue weighted by Gasteiger charge is 2.74. The van der Waals surface area contributed by atoms with Crippen LogP contribution in [0.3, 0.4) is 0 Å². The molecule has 1 spiro atoms. The number of carbonyl (C=O) groups excluding carboxylic acids is 3. The van der Waals surface area contributed by atoms with Crippen LogP contribution in [0.25, 0.3) is 0 Å². The lowest BCUT2D eigenvalue weighted by Crippen LogP contribution is -2.54. The number of anilines is 2. The molecule has 4 heterocycles. The van der Waals surface area contributed by atoms with E-state index in [4.69, 9.17) is 0 Å². The Balaban J connectivity index is 1.53. The van der Waals surface area contributed by atoms with Crippen molar-refractivity contribution in [1.82, 2.24) is 4.90 Å². The van der Waals surface area contributed by atoms with Gasteiger partial charge in [0.25, 0.3) is 5.69 Å². The third-order valence-electron chi connectivity index (χ3n) is 7.78. The second-order valence-electron chi connectivity index (χ2n) is 9.42. The Labute approximate surface area is 189 Å². The van der Waals surface area contributed by atoms with Crippen LogP contribution in [0, 0.1) is 35.8 Å². The molecule has 2 aromatic carbocycles. The number of benzene rings is 2. The first-order valence-electron chi connectivity index (χ1n) is 11.1. The van der Waals surface area contributed by atoms with Crippen molar-refractivity contribution in [2.75, 3.05) is 16.8 Å². The van der Waals surface area contributed by atoms with Gasteiger partial charge in [-0.1, -0.05) is 17.7 Å². The zero-order valence-electron chi connectivity index (χ0n) is 18.2. The van der Waals surface area contributed by atoms with Crippen LogP contribution < -0.4 is 10.2 Å². The fraction of sp³-hybridized carbons (Fsp3) is 0.375. The quantitative estimate of drug-likeness (QED) is 0.431. The Morgan fingerprint density at radius 3 is 2.61 bits per heavy atom. The molecule has 168 valence electrons. The largest absolute Gasteiger partial charge is 0.324 e. The van der Waals surface area contributed by atoms with E-state index >= 15 is 0 Å². The highest BCUT2D eigenvalue weighted by atomic mass is 16.6. The molecule has 4 aliphatic heterocycles. The number of nitrogens with one attached hydrogen (secondary N) is 1. The van der Waals surface area contributed by atoms with Gasteiger partial charge in [-0.15, -0.1) is 0 Å². The monoisotopic (exact) mass is 446 g/mol. The van der Waals surface area contributed by atoms with E-state index in [1.165, 1.54) is 18.2 Å². The summed E-state index contributed by atoms with van der Waals surface area (Å²) in [6.07, 6.45) is 1.59. The minimum Gasteiger partial charge on any atom is -0.324 e. The fourth-order valence-electron chi connectivity index (χ4n) is 6.56. The number of hydrogen-bond donors (Lipinski definition) is 1. The predicted molar refractivity (Wildman–Crippen MR) is 119 cm³/mol. The van der Waals surface area contributed by atoms with Crippen LogP contribution in [0.4, 0.5) is 17.1 Å².